The molecule has 0 radical (unpaired) electrons. The summed E-state index contributed by atoms with van der Waals surface area (Å²) < 4.78 is 5.57. The molecule has 0 spiro atoms. The summed E-state index contributed by atoms with van der Waals surface area (Å²) in [5, 5.41) is 3.30. The van der Waals surface area contributed by atoms with Gasteiger partial charge in [0.25, 0.3) is 0 Å². The fourth-order valence-electron chi connectivity index (χ4n) is 1.75. The van der Waals surface area contributed by atoms with E-state index in [9.17, 15) is 0 Å². The minimum atomic E-state index is 0.202. The predicted octanol–water partition coefficient (Wildman–Crippen LogP) is 1.58. The first-order chi connectivity index (χ1) is 7.93. The number of ether oxygens (including phenoxy) is 1. The standard InChI is InChI=1S/C14H9NO/c1-2-6-11(7-3-1)13-10-16-14(15-13)12-8-4-5-9-12/h1-3,6-7,13,15H,10H2/t13-/m0/s1. The van der Waals surface area contributed by atoms with Crippen LogP contribution in [0.25, 0.3) is 0 Å². The zero-order chi connectivity index (χ0) is 10.8. The molecule has 16 heavy (non-hydrogen) atoms. The summed E-state index contributed by atoms with van der Waals surface area (Å²) in [6.45, 7) is 0.631. The SMILES string of the molecule is C1#CC(=C2N[C@H](c3ccccc3)CO2)C#C1. The Balaban J connectivity index is 1.84. The van der Waals surface area contributed by atoms with Gasteiger partial charge in [0.05, 0.1) is 6.04 Å². The van der Waals surface area contributed by atoms with E-state index in [1.807, 2.05) is 18.2 Å². The van der Waals surface area contributed by atoms with E-state index < -0.39 is 0 Å². The summed E-state index contributed by atoms with van der Waals surface area (Å²) in [4.78, 5) is 0. The average molecular weight is 207 g/mol. The van der Waals surface area contributed by atoms with Gasteiger partial charge in [0.15, 0.2) is 0 Å². The van der Waals surface area contributed by atoms with Gasteiger partial charge in [-0.15, -0.1) is 0 Å². The lowest BCUT2D eigenvalue weighted by molar-refractivity contribution is 0.253. The lowest BCUT2D eigenvalue weighted by Crippen LogP contribution is -2.14. The largest absolute Gasteiger partial charge is 0.475 e. The topological polar surface area (TPSA) is 21.3 Å². The molecule has 0 amide bonds. The first-order valence-corrected chi connectivity index (χ1v) is 5.14. The molecule has 1 aromatic rings. The lowest BCUT2D eigenvalue weighted by atomic mass is 10.1. The molecule has 1 aliphatic heterocycles. The van der Waals surface area contributed by atoms with Crippen LogP contribution in [0.4, 0.5) is 0 Å². The van der Waals surface area contributed by atoms with Crippen molar-refractivity contribution in [2.75, 3.05) is 6.61 Å². The predicted molar refractivity (Wildman–Crippen MR) is 60.8 cm³/mol. The third-order valence-corrected chi connectivity index (χ3v) is 2.57. The molecule has 0 unspecified atom stereocenters. The van der Waals surface area contributed by atoms with Crippen LogP contribution in [0.5, 0.6) is 0 Å². The highest BCUT2D eigenvalue weighted by Gasteiger charge is 2.23. The Morgan fingerprint density at radius 1 is 1.12 bits per heavy atom. The summed E-state index contributed by atoms with van der Waals surface area (Å²) in [7, 11) is 0. The van der Waals surface area contributed by atoms with E-state index in [2.05, 4.69) is 41.1 Å². The van der Waals surface area contributed by atoms with Crippen LogP contribution in [0.3, 0.4) is 0 Å². The molecule has 1 aliphatic carbocycles. The monoisotopic (exact) mass is 207 g/mol. The van der Waals surface area contributed by atoms with Crippen LogP contribution in [-0.4, -0.2) is 6.61 Å². The highest BCUT2D eigenvalue weighted by atomic mass is 16.5. The van der Waals surface area contributed by atoms with Gasteiger partial charge in [-0.1, -0.05) is 30.3 Å². The minimum Gasteiger partial charge on any atom is -0.475 e. The van der Waals surface area contributed by atoms with E-state index >= 15 is 0 Å². The number of hydrogen-bond donors (Lipinski definition) is 1. The first-order valence-electron chi connectivity index (χ1n) is 5.14. The van der Waals surface area contributed by atoms with Gasteiger partial charge >= 0.3 is 0 Å². The lowest BCUT2D eigenvalue weighted by Gasteiger charge is -2.07. The Kier molecular flexibility index (Phi) is 2.06. The molecule has 0 aromatic heterocycles. The second kappa shape index (κ2) is 3.68. The van der Waals surface area contributed by atoms with Gasteiger partial charge in [-0.25, -0.2) is 0 Å². The van der Waals surface area contributed by atoms with Crippen LogP contribution >= 0.6 is 0 Å². The van der Waals surface area contributed by atoms with E-state index in [1.165, 1.54) is 5.56 Å². The molecule has 3 rings (SSSR count). The van der Waals surface area contributed by atoms with Crippen LogP contribution in [-0.2, 0) is 4.74 Å². The fourth-order valence-corrected chi connectivity index (χ4v) is 1.75. The first kappa shape index (κ1) is 8.95. The molecule has 1 saturated heterocycles. The van der Waals surface area contributed by atoms with Crippen molar-refractivity contribution in [2.45, 2.75) is 6.04 Å². The zero-order valence-corrected chi connectivity index (χ0v) is 8.58. The summed E-state index contributed by atoms with van der Waals surface area (Å²) in [5.74, 6) is 11.9. The van der Waals surface area contributed by atoms with Gasteiger partial charge in [-0.2, -0.15) is 0 Å². The van der Waals surface area contributed by atoms with Crippen molar-refractivity contribution in [1.82, 2.24) is 5.32 Å². The fraction of sp³-hybridized carbons (Fsp3) is 0.143. The quantitative estimate of drug-likeness (QED) is 0.706. The van der Waals surface area contributed by atoms with E-state index in [0.717, 1.165) is 5.57 Å². The van der Waals surface area contributed by atoms with Crippen LogP contribution in [0.1, 0.15) is 11.6 Å². The van der Waals surface area contributed by atoms with Gasteiger partial charge in [0, 0.05) is 0 Å². The maximum atomic E-state index is 5.57. The van der Waals surface area contributed by atoms with Crippen molar-refractivity contribution >= 4 is 0 Å². The Labute approximate surface area is 94.3 Å². The molecule has 1 N–H and O–H groups in total. The highest BCUT2D eigenvalue weighted by Crippen LogP contribution is 2.23. The number of allylic oxidation sites excluding steroid dienone is 1. The van der Waals surface area contributed by atoms with Crippen molar-refractivity contribution < 1.29 is 4.74 Å². The summed E-state index contributed by atoms with van der Waals surface area (Å²) >= 11 is 0. The molecule has 1 aromatic carbocycles. The second-order valence-electron chi connectivity index (χ2n) is 3.62. The van der Waals surface area contributed by atoms with E-state index in [1.54, 1.807) is 0 Å². The zero-order valence-electron chi connectivity index (χ0n) is 8.58. The molecular formula is C14H9NO. The molecule has 1 fully saturated rings. The summed E-state index contributed by atoms with van der Waals surface area (Å²) in [6, 6.07) is 10.4. The molecule has 1 atom stereocenters. The molecule has 2 aliphatic rings. The highest BCUT2D eigenvalue weighted by molar-refractivity contribution is 5.57. The maximum absolute atomic E-state index is 5.57. The van der Waals surface area contributed by atoms with E-state index in [-0.39, 0.29) is 6.04 Å². The smallest absolute Gasteiger partial charge is 0.212 e. The molecule has 2 heteroatoms. The van der Waals surface area contributed by atoms with Crippen molar-refractivity contribution in [2.24, 2.45) is 0 Å². The van der Waals surface area contributed by atoms with Gasteiger partial charge in [-0.3, -0.25) is 0 Å². The Hall–Kier alpha value is -2.32. The van der Waals surface area contributed by atoms with Crippen molar-refractivity contribution in [3.05, 3.63) is 47.4 Å². The van der Waals surface area contributed by atoms with E-state index in [4.69, 9.17) is 4.74 Å². The second-order valence-corrected chi connectivity index (χ2v) is 3.62. The number of benzene rings is 1. The minimum absolute atomic E-state index is 0.202. The Morgan fingerprint density at radius 3 is 2.62 bits per heavy atom. The number of hydrogen-bond acceptors (Lipinski definition) is 2. The van der Waals surface area contributed by atoms with Gasteiger partial charge in [0.2, 0.25) is 5.88 Å². The molecular weight excluding hydrogens is 198 g/mol. The summed E-state index contributed by atoms with van der Waals surface area (Å²) in [6.07, 6.45) is 0. The van der Waals surface area contributed by atoms with Crippen LogP contribution in [0.2, 0.25) is 0 Å². The molecule has 1 heterocycles. The normalized spacial score (nSPS) is 20.4. The Bertz CT molecular complexity index is 541. The number of nitrogens with one attached hydrogen (secondary N) is 1. The van der Waals surface area contributed by atoms with Crippen molar-refractivity contribution in [3.8, 4) is 23.7 Å². The molecule has 2 nitrogen and oxygen atoms in total. The van der Waals surface area contributed by atoms with Gasteiger partial charge in [-0.05, 0) is 29.2 Å². The summed E-state index contributed by atoms with van der Waals surface area (Å²) in [5.41, 5.74) is 1.98. The average Bonchev–Trinajstić information content (AvgIpc) is 3.01. The van der Waals surface area contributed by atoms with Gasteiger partial charge in [0.1, 0.15) is 12.2 Å². The van der Waals surface area contributed by atoms with Crippen LogP contribution < -0.4 is 5.32 Å². The number of rotatable bonds is 1. The molecule has 0 bridgehead atoms. The Morgan fingerprint density at radius 2 is 1.88 bits per heavy atom. The maximum Gasteiger partial charge on any atom is 0.212 e. The van der Waals surface area contributed by atoms with Crippen molar-refractivity contribution in [3.63, 3.8) is 0 Å². The van der Waals surface area contributed by atoms with Crippen LogP contribution in [0, 0.1) is 23.7 Å². The van der Waals surface area contributed by atoms with Gasteiger partial charge < -0.3 is 10.1 Å². The molecule has 0 saturated carbocycles. The van der Waals surface area contributed by atoms with E-state index in [0.29, 0.717) is 12.5 Å². The van der Waals surface area contributed by atoms with Crippen molar-refractivity contribution in [1.29, 1.82) is 0 Å². The third kappa shape index (κ3) is 1.51. The van der Waals surface area contributed by atoms with Crippen LogP contribution in [0.15, 0.2) is 41.8 Å². The third-order valence-electron chi connectivity index (χ3n) is 2.57. The molecule has 76 valence electrons.